The Balaban J connectivity index is 1.47. The molecule has 0 aliphatic carbocycles. The van der Waals surface area contributed by atoms with Crippen LogP contribution in [0.2, 0.25) is 0 Å². The molecular formula is C26H28FN3O4S. The third-order valence-corrected chi connectivity index (χ3v) is 8.09. The van der Waals surface area contributed by atoms with E-state index in [9.17, 15) is 17.6 Å². The molecule has 4 rings (SSSR count). The van der Waals surface area contributed by atoms with E-state index >= 15 is 0 Å². The fraction of sp³-hybridized carbons (Fsp3) is 0.308. The number of piperidine rings is 1. The molecule has 35 heavy (non-hydrogen) atoms. The number of hydrogen-bond acceptors (Lipinski definition) is 5. The lowest BCUT2D eigenvalue weighted by Crippen LogP contribution is -2.45. The standard InChI is InChI=1S/C26H28FN3O4S/c1-18-5-7-20(8-6-18)11-14-24-25(19(2)29-34-24)35(32,33)30-15-3-4-22(17-30)26(31)28-16-21-9-12-23(27)13-10-21/h5-14,22H,3-4,15-17H2,1-2H3,(H,28,31). The Bertz CT molecular complexity index is 1320. The van der Waals surface area contributed by atoms with Crippen LogP contribution in [0.5, 0.6) is 0 Å². The van der Waals surface area contributed by atoms with Gasteiger partial charge in [-0.2, -0.15) is 4.31 Å². The van der Waals surface area contributed by atoms with Crippen molar-refractivity contribution in [3.8, 4) is 0 Å². The molecule has 1 unspecified atom stereocenters. The van der Waals surface area contributed by atoms with Crippen LogP contribution < -0.4 is 5.32 Å². The monoisotopic (exact) mass is 497 g/mol. The number of nitrogens with one attached hydrogen (secondary N) is 1. The average molecular weight is 498 g/mol. The SMILES string of the molecule is Cc1ccc(C=Cc2onc(C)c2S(=O)(=O)N2CCCC(C(=O)NCc3ccc(F)cc3)C2)cc1. The number of carbonyl (C=O) groups is 1. The first kappa shape index (κ1) is 24.8. The van der Waals surface area contributed by atoms with Gasteiger partial charge < -0.3 is 9.84 Å². The zero-order valence-electron chi connectivity index (χ0n) is 19.7. The maximum Gasteiger partial charge on any atom is 0.248 e. The number of benzene rings is 2. The summed E-state index contributed by atoms with van der Waals surface area (Å²) in [4.78, 5) is 12.8. The van der Waals surface area contributed by atoms with Crippen LogP contribution in [0.1, 0.15) is 41.0 Å². The van der Waals surface area contributed by atoms with Crippen LogP contribution >= 0.6 is 0 Å². The Morgan fingerprint density at radius 2 is 1.86 bits per heavy atom. The average Bonchev–Trinajstić information content (AvgIpc) is 3.24. The summed E-state index contributed by atoms with van der Waals surface area (Å²) in [5.74, 6) is -0.891. The molecule has 0 bridgehead atoms. The topological polar surface area (TPSA) is 92.5 Å². The van der Waals surface area contributed by atoms with Gasteiger partial charge in [-0.15, -0.1) is 0 Å². The minimum atomic E-state index is -3.93. The van der Waals surface area contributed by atoms with E-state index in [0.29, 0.717) is 19.4 Å². The molecule has 7 nitrogen and oxygen atoms in total. The summed E-state index contributed by atoms with van der Waals surface area (Å²) in [5, 5.41) is 6.72. The number of halogens is 1. The Hall–Kier alpha value is -3.30. The molecule has 184 valence electrons. The molecule has 1 saturated heterocycles. The molecule has 1 atom stereocenters. The molecule has 0 spiro atoms. The molecule has 1 aromatic heterocycles. The third-order valence-electron chi connectivity index (χ3n) is 6.07. The molecule has 1 aliphatic heterocycles. The predicted molar refractivity (Wildman–Crippen MR) is 131 cm³/mol. The van der Waals surface area contributed by atoms with Crippen LogP contribution in [0.3, 0.4) is 0 Å². The van der Waals surface area contributed by atoms with E-state index in [1.54, 1.807) is 31.2 Å². The van der Waals surface area contributed by atoms with Gasteiger partial charge in [0.25, 0.3) is 0 Å². The van der Waals surface area contributed by atoms with Gasteiger partial charge in [0.05, 0.1) is 5.92 Å². The molecule has 1 amide bonds. The Morgan fingerprint density at radius 1 is 1.14 bits per heavy atom. The summed E-state index contributed by atoms with van der Waals surface area (Å²) in [7, 11) is -3.93. The summed E-state index contributed by atoms with van der Waals surface area (Å²) in [6.07, 6.45) is 4.53. The van der Waals surface area contributed by atoms with Crippen LogP contribution in [0.4, 0.5) is 4.39 Å². The minimum absolute atomic E-state index is 0.0215. The lowest BCUT2D eigenvalue weighted by atomic mass is 9.99. The second kappa shape index (κ2) is 10.5. The molecule has 9 heteroatoms. The van der Waals surface area contributed by atoms with Gasteiger partial charge in [-0.25, -0.2) is 12.8 Å². The molecule has 1 fully saturated rings. The highest BCUT2D eigenvalue weighted by Crippen LogP contribution is 2.29. The van der Waals surface area contributed by atoms with Gasteiger partial charge in [0.1, 0.15) is 11.5 Å². The quantitative estimate of drug-likeness (QED) is 0.525. The summed E-state index contributed by atoms with van der Waals surface area (Å²) in [6, 6.07) is 13.7. The van der Waals surface area contributed by atoms with Crippen molar-refractivity contribution in [2.24, 2.45) is 5.92 Å². The summed E-state index contributed by atoms with van der Waals surface area (Å²) < 4.78 is 46.9. The Labute approximate surface area is 204 Å². The zero-order valence-corrected chi connectivity index (χ0v) is 20.5. The number of amides is 1. The molecule has 0 saturated carbocycles. The second-order valence-corrected chi connectivity index (χ2v) is 10.6. The number of sulfonamides is 1. The van der Waals surface area contributed by atoms with Crippen molar-refractivity contribution in [2.75, 3.05) is 13.1 Å². The summed E-state index contributed by atoms with van der Waals surface area (Å²) in [6.45, 7) is 4.23. The van der Waals surface area contributed by atoms with Crippen molar-refractivity contribution < 1.29 is 22.1 Å². The van der Waals surface area contributed by atoms with E-state index in [1.807, 2.05) is 31.2 Å². The molecule has 2 aromatic carbocycles. The molecular weight excluding hydrogens is 469 g/mol. The Morgan fingerprint density at radius 3 is 2.57 bits per heavy atom. The smallest absolute Gasteiger partial charge is 0.248 e. The van der Waals surface area contributed by atoms with Gasteiger partial charge in [-0.3, -0.25) is 4.79 Å². The zero-order chi connectivity index (χ0) is 25.0. The van der Waals surface area contributed by atoms with Gasteiger partial charge in [-0.05, 0) is 56.0 Å². The molecule has 0 radical (unpaired) electrons. The van der Waals surface area contributed by atoms with E-state index < -0.39 is 15.9 Å². The van der Waals surface area contributed by atoms with Gasteiger partial charge in [0, 0.05) is 19.6 Å². The van der Waals surface area contributed by atoms with Gasteiger partial charge in [0.15, 0.2) is 10.7 Å². The lowest BCUT2D eigenvalue weighted by molar-refractivity contribution is -0.126. The Kier molecular flexibility index (Phi) is 7.47. The maximum absolute atomic E-state index is 13.6. The fourth-order valence-corrected chi connectivity index (χ4v) is 5.86. The van der Waals surface area contributed by atoms with Crippen LogP contribution in [0, 0.1) is 25.6 Å². The van der Waals surface area contributed by atoms with Crippen LogP contribution in [0.25, 0.3) is 12.2 Å². The van der Waals surface area contributed by atoms with Gasteiger partial charge in [-0.1, -0.05) is 53.2 Å². The first-order valence-electron chi connectivity index (χ1n) is 11.5. The van der Waals surface area contributed by atoms with E-state index in [2.05, 4.69) is 10.5 Å². The lowest BCUT2D eigenvalue weighted by Gasteiger charge is -2.31. The number of aromatic nitrogens is 1. The second-order valence-electron chi connectivity index (χ2n) is 8.75. The van der Waals surface area contributed by atoms with E-state index in [1.165, 1.54) is 16.4 Å². The van der Waals surface area contributed by atoms with Crippen LogP contribution in [-0.2, 0) is 21.4 Å². The van der Waals surface area contributed by atoms with Crippen molar-refractivity contribution in [1.29, 1.82) is 0 Å². The van der Waals surface area contributed by atoms with Crippen LogP contribution in [-0.4, -0.2) is 36.9 Å². The number of carbonyl (C=O) groups excluding carboxylic acids is 1. The highest BCUT2D eigenvalue weighted by molar-refractivity contribution is 7.89. The van der Waals surface area contributed by atoms with Crippen molar-refractivity contribution in [1.82, 2.24) is 14.8 Å². The molecule has 1 aliphatic rings. The van der Waals surface area contributed by atoms with Crippen molar-refractivity contribution in [2.45, 2.75) is 38.1 Å². The minimum Gasteiger partial charge on any atom is -0.355 e. The predicted octanol–water partition coefficient (Wildman–Crippen LogP) is 4.32. The van der Waals surface area contributed by atoms with Gasteiger partial charge >= 0.3 is 0 Å². The highest BCUT2D eigenvalue weighted by Gasteiger charge is 2.36. The van der Waals surface area contributed by atoms with Crippen LogP contribution in [0.15, 0.2) is 57.9 Å². The summed E-state index contributed by atoms with van der Waals surface area (Å²) in [5.41, 5.74) is 3.08. The van der Waals surface area contributed by atoms with Crippen molar-refractivity contribution >= 4 is 28.1 Å². The summed E-state index contributed by atoms with van der Waals surface area (Å²) >= 11 is 0. The fourth-order valence-electron chi connectivity index (χ4n) is 4.09. The first-order valence-corrected chi connectivity index (χ1v) is 12.9. The van der Waals surface area contributed by atoms with E-state index in [0.717, 1.165) is 16.7 Å². The first-order chi connectivity index (χ1) is 16.7. The highest BCUT2D eigenvalue weighted by atomic mass is 32.2. The van der Waals surface area contributed by atoms with Crippen molar-refractivity contribution in [3.63, 3.8) is 0 Å². The number of nitrogens with zero attached hydrogens (tertiary/aromatic N) is 2. The largest absolute Gasteiger partial charge is 0.355 e. The number of rotatable bonds is 7. The van der Waals surface area contributed by atoms with E-state index in [-0.39, 0.29) is 41.2 Å². The number of hydrogen-bond donors (Lipinski definition) is 1. The van der Waals surface area contributed by atoms with Crippen molar-refractivity contribution in [3.05, 3.63) is 82.5 Å². The molecule has 1 N–H and O–H groups in total. The number of aryl methyl sites for hydroxylation is 2. The molecule has 2 heterocycles. The van der Waals surface area contributed by atoms with Gasteiger partial charge in [0.2, 0.25) is 15.9 Å². The molecule has 3 aromatic rings. The normalized spacial score (nSPS) is 17.1. The van der Waals surface area contributed by atoms with E-state index in [4.69, 9.17) is 4.52 Å². The maximum atomic E-state index is 13.6. The third kappa shape index (κ3) is 5.86.